The van der Waals surface area contributed by atoms with Crippen molar-refractivity contribution in [1.29, 1.82) is 5.26 Å². The number of halogens is 2. The van der Waals surface area contributed by atoms with Crippen LogP contribution in [0, 0.1) is 22.1 Å². The first-order valence-corrected chi connectivity index (χ1v) is 6.48. The number of hydrogen-bond acceptors (Lipinski definition) is 6. The highest BCUT2D eigenvalue weighted by Crippen LogP contribution is 2.18. The predicted molar refractivity (Wildman–Crippen MR) is 79.2 cm³/mol. The summed E-state index contributed by atoms with van der Waals surface area (Å²) in [7, 11) is 0. The summed E-state index contributed by atoms with van der Waals surface area (Å²) in [5, 5.41) is 25.4. The van der Waals surface area contributed by atoms with Crippen LogP contribution >= 0.6 is 11.6 Å². The molecule has 0 aliphatic rings. The van der Waals surface area contributed by atoms with E-state index < -0.39 is 11.8 Å². The zero-order chi connectivity index (χ0) is 18.1. The summed E-state index contributed by atoms with van der Waals surface area (Å²) < 4.78 is 18.9. The number of benzene rings is 1. The first-order valence-electron chi connectivity index (χ1n) is 6.10. The van der Waals surface area contributed by atoms with Crippen molar-refractivity contribution >= 4 is 17.6 Å². The van der Waals surface area contributed by atoms with Gasteiger partial charge in [0.1, 0.15) is 17.6 Å². The maximum Gasteiger partial charge on any atom is 0.335 e. The molecule has 1 aromatic heterocycles. The first kappa shape index (κ1) is 18.8. The molecule has 0 unspecified atom stereocenters. The van der Waals surface area contributed by atoms with E-state index in [4.69, 9.17) is 36.8 Å². The first-order chi connectivity index (χ1) is 11.4. The van der Waals surface area contributed by atoms with Gasteiger partial charge in [0.15, 0.2) is 5.34 Å². The van der Waals surface area contributed by atoms with Crippen LogP contribution in [0.3, 0.4) is 0 Å². The number of ether oxygens (including phenoxy) is 1. The van der Waals surface area contributed by atoms with E-state index in [2.05, 4.69) is 4.98 Å². The number of nitrogens with zero attached hydrogens (tertiary/aromatic N) is 3. The Labute approximate surface area is 139 Å². The second-order valence-electron chi connectivity index (χ2n) is 4.11. The second kappa shape index (κ2) is 9.02. The van der Waals surface area contributed by atoms with Crippen molar-refractivity contribution in [2.75, 3.05) is 0 Å². The van der Waals surface area contributed by atoms with Gasteiger partial charge in [-0.05, 0) is 18.2 Å². The monoisotopic (exact) mass is 353 g/mol. The minimum absolute atomic E-state index is 0.0244. The molecule has 24 heavy (non-hydrogen) atoms. The molecule has 0 aliphatic heterocycles. The number of pyridine rings is 1. The molecular weight excluding hydrogens is 345 g/mol. The number of rotatable bonds is 4. The zero-order valence-electron chi connectivity index (χ0n) is 11.8. The predicted octanol–water partition coefficient (Wildman–Crippen LogP) is 3.16. The summed E-state index contributed by atoms with van der Waals surface area (Å²) in [4.78, 5) is 22.8. The lowest BCUT2D eigenvalue weighted by Crippen LogP contribution is -2.03. The molecule has 2 aromatic rings. The molecular formula is C14H9ClFN3O5. The standard InChI is InChI=1S/C14H8ClFN2O3.HNO2/c15-12-4-10(14(19)20)5-13(18-12)21-7-9-2-1-8(6-17)3-11(9)16;2-1-3/h1-5H,7H2,(H,19,20);(H,2,3). The molecule has 124 valence electrons. The van der Waals surface area contributed by atoms with Gasteiger partial charge >= 0.3 is 5.97 Å². The quantitative estimate of drug-likeness (QED) is 0.490. The van der Waals surface area contributed by atoms with Gasteiger partial charge in [0.25, 0.3) is 0 Å². The third kappa shape index (κ3) is 5.51. The Kier molecular flexibility index (Phi) is 7.06. The summed E-state index contributed by atoms with van der Waals surface area (Å²) >= 11 is 5.68. The van der Waals surface area contributed by atoms with Gasteiger partial charge in [0.2, 0.25) is 5.88 Å². The van der Waals surface area contributed by atoms with Crippen molar-refractivity contribution in [3.8, 4) is 11.9 Å². The van der Waals surface area contributed by atoms with Crippen LogP contribution in [0.15, 0.2) is 35.7 Å². The lowest BCUT2D eigenvalue weighted by Gasteiger charge is -2.07. The van der Waals surface area contributed by atoms with Gasteiger partial charge < -0.3 is 15.1 Å². The minimum Gasteiger partial charge on any atom is -0.478 e. The Morgan fingerprint density at radius 2 is 2.08 bits per heavy atom. The van der Waals surface area contributed by atoms with Crippen LogP contribution in [0.5, 0.6) is 5.88 Å². The van der Waals surface area contributed by atoms with Crippen molar-refractivity contribution < 1.29 is 24.2 Å². The average molecular weight is 354 g/mol. The molecule has 0 fully saturated rings. The van der Waals surface area contributed by atoms with E-state index in [1.807, 2.05) is 6.07 Å². The Hall–Kier alpha value is -3.25. The van der Waals surface area contributed by atoms with Crippen molar-refractivity contribution in [2.45, 2.75) is 6.61 Å². The summed E-state index contributed by atoms with van der Waals surface area (Å²) in [5.41, 5.74) is 0.336. The maximum absolute atomic E-state index is 13.7. The van der Waals surface area contributed by atoms with Crippen LogP contribution in [0.2, 0.25) is 5.15 Å². The number of carboxylic acids is 1. The number of aromatic nitrogens is 1. The van der Waals surface area contributed by atoms with E-state index >= 15 is 0 Å². The number of aromatic carboxylic acids is 1. The molecule has 0 aliphatic carbocycles. The Bertz CT molecular complexity index is 794. The van der Waals surface area contributed by atoms with Gasteiger partial charge in [-0.1, -0.05) is 17.7 Å². The van der Waals surface area contributed by atoms with Gasteiger partial charge in [-0.2, -0.15) is 5.26 Å². The zero-order valence-corrected chi connectivity index (χ0v) is 12.6. The third-order valence-corrected chi connectivity index (χ3v) is 2.77. The van der Waals surface area contributed by atoms with E-state index in [1.54, 1.807) is 0 Å². The molecule has 2 N–H and O–H groups in total. The fraction of sp³-hybridized carbons (Fsp3) is 0.0714. The molecule has 1 aromatic carbocycles. The van der Waals surface area contributed by atoms with Crippen LogP contribution in [0.25, 0.3) is 0 Å². The number of carboxylic acid groups (broad SMARTS) is 1. The molecule has 0 radical (unpaired) electrons. The topological polar surface area (TPSA) is 133 Å². The SMILES string of the molecule is N#Cc1ccc(COc2cc(C(=O)O)cc(Cl)n2)c(F)c1.O=NO. The van der Waals surface area contributed by atoms with Crippen molar-refractivity contribution in [3.63, 3.8) is 0 Å². The minimum atomic E-state index is -1.17. The average Bonchev–Trinajstić information content (AvgIpc) is 2.53. The molecule has 0 saturated heterocycles. The Morgan fingerprint density at radius 1 is 1.42 bits per heavy atom. The highest BCUT2D eigenvalue weighted by atomic mass is 35.5. The third-order valence-electron chi connectivity index (χ3n) is 2.58. The lowest BCUT2D eigenvalue weighted by atomic mass is 10.1. The number of nitriles is 1. The summed E-state index contributed by atoms with van der Waals surface area (Å²) in [6, 6.07) is 8.15. The van der Waals surface area contributed by atoms with E-state index in [1.165, 1.54) is 29.6 Å². The molecule has 8 nitrogen and oxygen atoms in total. The van der Waals surface area contributed by atoms with Crippen molar-refractivity contribution in [1.82, 2.24) is 4.98 Å². The molecule has 10 heteroatoms. The highest BCUT2D eigenvalue weighted by Gasteiger charge is 2.10. The number of carbonyl (C=O) groups is 1. The van der Waals surface area contributed by atoms with Crippen molar-refractivity contribution in [3.05, 3.63) is 62.9 Å². The van der Waals surface area contributed by atoms with Crippen LogP contribution < -0.4 is 4.74 Å². The van der Waals surface area contributed by atoms with Crippen molar-refractivity contribution in [2.24, 2.45) is 5.34 Å². The molecule has 1 heterocycles. The molecule has 2 rings (SSSR count). The van der Waals surface area contributed by atoms with Gasteiger partial charge in [-0.15, -0.1) is 4.91 Å². The van der Waals surface area contributed by atoms with E-state index in [0.29, 0.717) is 0 Å². The van der Waals surface area contributed by atoms with Crippen LogP contribution in [-0.2, 0) is 6.61 Å². The second-order valence-corrected chi connectivity index (χ2v) is 4.50. The number of hydrogen-bond donors (Lipinski definition) is 2. The van der Waals surface area contributed by atoms with Gasteiger partial charge in [-0.25, -0.2) is 14.2 Å². The van der Waals surface area contributed by atoms with Gasteiger partial charge in [0, 0.05) is 11.6 Å². The highest BCUT2D eigenvalue weighted by molar-refractivity contribution is 6.29. The largest absolute Gasteiger partial charge is 0.478 e. The van der Waals surface area contributed by atoms with Crippen LogP contribution in [0.1, 0.15) is 21.5 Å². The summed E-state index contributed by atoms with van der Waals surface area (Å²) in [5.74, 6) is -1.79. The normalized spacial score (nSPS) is 9.21. The van der Waals surface area contributed by atoms with Crippen LogP contribution in [0.4, 0.5) is 4.39 Å². The fourth-order valence-corrected chi connectivity index (χ4v) is 1.76. The molecule has 0 saturated carbocycles. The Balaban J connectivity index is 0.000000891. The van der Waals surface area contributed by atoms with E-state index in [-0.39, 0.29) is 34.3 Å². The molecule has 0 amide bonds. The fourth-order valence-electron chi connectivity index (χ4n) is 1.56. The van der Waals surface area contributed by atoms with E-state index in [9.17, 15) is 9.18 Å². The van der Waals surface area contributed by atoms with Gasteiger partial charge in [0.05, 0.1) is 17.2 Å². The van der Waals surface area contributed by atoms with E-state index in [0.717, 1.165) is 6.07 Å². The summed E-state index contributed by atoms with van der Waals surface area (Å²) in [6.45, 7) is -0.163. The van der Waals surface area contributed by atoms with Gasteiger partial charge in [-0.3, -0.25) is 0 Å². The van der Waals surface area contributed by atoms with Crippen LogP contribution in [-0.4, -0.2) is 21.3 Å². The summed E-state index contributed by atoms with van der Waals surface area (Å²) in [6.07, 6.45) is 0. The molecule has 0 bridgehead atoms. The Morgan fingerprint density at radius 3 is 2.62 bits per heavy atom. The smallest absolute Gasteiger partial charge is 0.335 e. The molecule has 0 atom stereocenters. The maximum atomic E-state index is 13.7. The lowest BCUT2D eigenvalue weighted by molar-refractivity contribution is 0.0696. The molecule has 0 spiro atoms.